The van der Waals surface area contributed by atoms with Crippen molar-refractivity contribution in [2.24, 2.45) is 5.41 Å². The molecule has 0 aromatic rings. The quantitative estimate of drug-likeness (QED) is 0.409. The topological polar surface area (TPSA) is 138 Å². The first kappa shape index (κ1) is 17.9. The maximum absolute atomic E-state index is 12.6. The summed E-state index contributed by atoms with van der Waals surface area (Å²) in [5, 5.41) is 3.90. The third kappa shape index (κ3) is 3.27. The van der Waals surface area contributed by atoms with Crippen LogP contribution < -0.4 is 10.8 Å². The molecule has 2 atom stereocenters. The fourth-order valence-corrected chi connectivity index (χ4v) is 4.54. The number of piperidine rings is 2. The van der Waals surface area contributed by atoms with E-state index in [0.29, 0.717) is 11.5 Å². The summed E-state index contributed by atoms with van der Waals surface area (Å²) in [5.41, 5.74) is 2.11. The standard InChI is InChI=1S/C14H22N4O7S/c19-12(16-24-9-1-5-15-6-2-9)10-7-14(3-4-14)11-8-17(10)13(20)18(11)25-26(21,22)23/h9-11,15H,1-8H2,(H,16,19)(H,21,22,23). The number of hydrogen-bond donors (Lipinski definition) is 3. The van der Waals surface area contributed by atoms with Crippen LogP contribution in [0.25, 0.3) is 0 Å². The summed E-state index contributed by atoms with van der Waals surface area (Å²) in [6, 6.07) is -1.98. The zero-order chi connectivity index (χ0) is 18.5. The van der Waals surface area contributed by atoms with Gasteiger partial charge in [0.15, 0.2) is 0 Å². The second-order valence-electron chi connectivity index (χ2n) is 7.39. The van der Waals surface area contributed by atoms with Crippen molar-refractivity contribution in [3.63, 3.8) is 0 Å². The monoisotopic (exact) mass is 390 g/mol. The van der Waals surface area contributed by atoms with Gasteiger partial charge in [0.2, 0.25) is 0 Å². The molecule has 2 unspecified atom stereocenters. The fraction of sp³-hybridized carbons (Fsp3) is 0.857. The predicted molar refractivity (Wildman–Crippen MR) is 85.6 cm³/mol. The molecule has 3 N–H and O–H groups in total. The van der Waals surface area contributed by atoms with Gasteiger partial charge in [0, 0.05) is 6.54 Å². The van der Waals surface area contributed by atoms with E-state index in [0.717, 1.165) is 38.8 Å². The second-order valence-corrected chi connectivity index (χ2v) is 8.40. The van der Waals surface area contributed by atoms with Crippen LogP contribution in [-0.2, 0) is 24.3 Å². The van der Waals surface area contributed by atoms with E-state index in [1.54, 1.807) is 0 Å². The number of carbonyl (C=O) groups is 2. The van der Waals surface area contributed by atoms with Gasteiger partial charge in [-0.05, 0) is 50.6 Å². The molecule has 3 heterocycles. The molecule has 4 aliphatic rings. The number of hydroxylamine groups is 3. The van der Waals surface area contributed by atoms with Crippen LogP contribution in [0.4, 0.5) is 4.79 Å². The number of carbonyl (C=O) groups excluding carboxylic acids is 2. The molecule has 2 bridgehead atoms. The largest absolute Gasteiger partial charge is 0.418 e. The predicted octanol–water partition coefficient (Wildman–Crippen LogP) is -0.821. The van der Waals surface area contributed by atoms with E-state index >= 15 is 0 Å². The van der Waals surface area contributed by atoms with E-state index in [-0.39, 0.29) is 18.1 Å². The van der Waals surface area contributed by atoms with Crippen LogP contribution in [0.5, 0.6) is 0 Å². The smallest absolute Gasteiger partial charge is 0.317 e. The van der Waals surface area contributed by atoms with Gasteiger partial charge >= 0.3 is 16.4 Å². The molecule has 0 aromatic carbocycles. The molecule has 1 saturated carbocycles. The molecular weight excluding hydrogens is 368 g/mol. The molecule has 26 heavy (non-hydrogen) atoms. The van der Waals surface area contributed by atoms with Crippen molar-refractivity contribution in [2.75, 3.05) is 19.6 Å². The Bertz CT molecular complexity index is 704. The average molecular weight is 390 g/mol. The minimum absolute atomic E-state index is 0.0694. The Hall–Kier alpha value is -1.47. The number of nitrogens with zero attached hydrogens (tertiary/aromatic N) is 2. The molecule has 3 amide bonds. The summed E-state index contributed by atoms with van der Waals surface area (Å²) >= 11 is 0. The van der Waals surface area contributed by atoms with Crippen molar-refractivity contribution < 1.29 is 31.7 Å². The maximum atomic E-state index is 12.6. The van der Waals surface area contributed by atoms with Gasteiger partial charge in [-0.25, -0.2) is 10.3 Å². The Labute approximate surface area is 150 Å². The maximum Gasteiger partial charge on any atom is 0.418 e. The lowest BCUT2D eigenvalue weighted by molar-refractivity contribution is -0.146. The number of fused-ring (bicyclic) bond motifs is 3. The Morgan fingerprint density at radius 3 is 2.62 bits per heavy atom. The lowest BCUT2D eigenvalue weighted by Gasteiger charge is -2.35. The first-order chi connectivity index (χ1) is 12.3. The molecule has 3 aliphatic heterocycles. The zero-order valence-electron chi connectivity index (χ0n) is 14.1. The van der Waals surface area contributed by atoms with E-state index in [9.17, 15) is 18.0 Å². The third-order valence-electron chi connectivity index (χ3n) is 5.75. The van der Waals surface area contributed by atoms with E-state index in [2.05, 4.69) is 15.1 Å². The molecule has 1 aliphatic carbocycles. The van der Waals surface area contributed by atoms with Crippen LogP contribution in [0.3, 0.4) is 0 Å². The van der Waals surface area contributed by atoms with Crippen molar-refractivity contribution in [1.82, 2.24) is 20.8 Å². The van der Waals surface area contributed by atoms with Gasteiger partial charge in [-0.2, -0.15) is 13.5 Å². The minimum Gasteiger partial charge on any atom is -0.317 e. The Morgan fingerprint density at radius 2 is 2.00 bits per heavy atom. The summed E-state index contributed by atoms with van der Waals surface area (Å²) in [6.07, 6.45) is 3.45. The van der Waals surface area contributed by atoms with Crippen molar-refractivity contribution in [3.8, 4) is 0 Å². The highest BCUT2D eigenvalue weighted by Gasteiger charge is 2.65. The van der Waals surface area contributed by atoms with Crippen LogP contribution in [-0.4, -0.2) is 72.7 Å². The lowest BCUT2D eigenvalue weighted by atomic mass is 9.85. The third-order valence-corrected chi connectivity index (χ3v) is 6.10. The minimum atomic E-state index is -4.82. The average Bonchev–Trinajstić information content (AvgIpc) is 3.31. The van der Waals surface area contributed by atoms with E-state index in [1.807, 2.05) is 0 Å². The molecule has 0 aromatic heterocycles. The first-order valence-electron chi connectivity index (χ1n) is 8.72. The lowest BCUT2D eigenvalue weighted by Crippen LogP contribution is -2.53. The molecule has 3 saturated heterocycles. The van der Waals surface area contributed by atoms with Gasteiger partial charge in [-0.3, -0.25) is 14.2 Å². The van der Waals surface area contributed by atoms with Gasteiger partial charge in [-0.15, -0.1) is 4.28 Å². The van der Waals surface area contributed by atoms with Crippen molar-refractivity contribution in [1.29, 1.82) is 0 Å². The fourth-order valence-electron chi connectivity index (χ4n) is 4.17. The summed E-state index contributed by atoms with van der Waals surface area (Å²) < 4.78 is 35.6. The van der Waals surface area contributed by atoms with Crippen LogP contribution >= 0.6 is 0 Å². The highest BCUT2D eigenvalue weighted by Crippen LogP contribution is 2.59. The number of hydrogen-bond acceptors (Lipinski definition) is 7. The number of urea groups is 1. The summed E-state index contributed by atoms with van der Waals surface area (Å²) in [4.78, 5) is 31.9. The second kappa shape index (κ2) is 6.30. The molecular formula is C14H22N4O7S. The molecule has 4 rings (SSSR count). The highest BCUT2D eigenvalue weighted by atomic mass is 32.3. The van der Waals surface area contributed by atoms with Crippen LogP contribution in [0.1, 0.15) is 32.1 Å². The van der Waals surface area contributed by atoms with E-state index in [1.165, 1.54) is 4.90 Å². The molecule has 11 nitrogen and oxygen atoms in total. The molecule has 12 heteroatoms. The SMILES string of the molecule is O=C(NOC1CCNCC1)C1CC2(CC2)C2CN1C(=O)N2OS(=O)(=O)O. The van der Waals surface area contributed by atoms with Gasteiger partial charge < -0.3 is 10.2 Å². The van der Waals surface area contributed by atoms with Crippen LogP contribution in [0.15, 0.2) is 0 Å². The highest BCUT2D eigenvalue weighted by molar-refractivity contribution is 7.80. The van der Waals surface area contributed by atoms with E-state index < -0.39 is 34.4 Å². The van der Waals surface area contributed by atoms with Gasteiger partial charge in [0.05, 0.1) is 12.1 Å². The van der Waals surface area contributed by atoms with Crippen molar-refractivity contribution in [3.05, 3.63) is 0 Å². The van der Waals surface area contributed by atoms with Gasteiger partial charge in [-0.1, -0.05) is 0 Å². The van der Waals surface area contributed by atoms with Gasteiger partial charge in [0.25, 0.3) is 5.91 Å². The first-order valence-corrected chi connectivity index (χ1v) is 10.1. The molecule has 4 fully saturated rings. The number of rotatable bonds is 5. The molecule has 0 radical (unpaired) electrons. The molecule has 146 valence electrons. The Morgan fingerprint density at radius 1 is 1.31 bits per heavy atom. The van der Waals surface area contributed by atoms with Crippen LogP contribution in [0.2, 0.25) is 0 Å². The van der Waals surface area contributed by atoms with Crippen molar-refractivity contribution in [2.45, 2.75) is 50.3 Å². The normalized spacial score (nSPS) is 30.7. The van der Waals surface area contributed by atoms with Gasteiger partial charge in [0.1, 0.15) is 6.04 Å². The number of amides is 3. The number of nitrogens with one attached hydrogen (secondary N) is 2. The van der Waals surface area contributed by atoms with E-state index in [4.69, 9.17) is 9.39 Å². The summed E-state index contributed by atoms with van der Waals surface area (Å²) in [6.45, 7) is 1.82. The Balaban J connectivity index is 1.45. The summed E-state index contributed by atoms with van der Waals surface area (Å²) in [7, 11) is -4.82. The molecule has 1 spiro atoms. The zero-order valence-corrected chi connectivity index (χ0v) is 14.9. The van der Waals surface area contributed by atoms with Crippen LogP contribution in [0, 0.1) is 5.41 Å². The van der Waals surface area contributed by atoms with Crippen molar-refractivity contribution >= 4 is 22.3 Å². The summed E-state index contributed by atoms with van der Waals surface area (Å²) in [5.74, 6) is -0.421. The Kier molecular flexibility index (Phi) is 4.34.